The van der Waals surface area contributed by atoms with Gasteiger partial charge in [0.1, 0.15) is 11.2 Å². The highest BCUT2D eigenvalue weighted by Gasteiger charge is 2.67. The minimum atomic E-state index is -1.93. The molecule has 0 aromatic rings. The highest BCUT2D eigenvalue weighted by Crippen LogP contribution is 2.63. The summed E-state index contributed by atoms with van der Waals surface area (Å²) in [6, 6.07) is 0. The largest absolute Gasteiger partial charge is 0.466 e. The maximum absolute atomic E-state index is 13.0. The van der Waals surface area contributed by atoms with Crippen LogP contribution >= 0.6 is 0 Å². The molecule has 8 aliphatic rings. The van der Waals surface area contributed by atoms with E-state index in [0.29, 0.717) is 58.0 Å². The number of cyclic esters (lactones) is 2. The first-order valence-electron chi connectivity index (χ1n) is 22.5. The topological polar surface area (TPSA) is 194 Å². The second-order valence-corrected chi connectivity index (χ2v) is 33.3. The molecule has 14 heteroatoms. The van der Waals surface area contributed by atoms with E-state index in [1.807, 2.05) is 39.8 Å². The number of allylic oxidation sites excluding steroid dienone is 4. The van der Waals surface area contributed by atoms with E-state index in [-0.39, 0.29) is 41.2 Å². The summed E-state index contributed by atoms with van der Waals surface area (Å²) in [5, 5.41) is 48.0. The summed E-state index contributed by atoms with van der Waals surface area (Å²) in [6.45, 7) is 28.2. The molecule has 4 N–H and O–H groups in total. The van der Waals surface area contributed by atoms with Crippen LogP contribution in [0.5, 0.6) is 0 Å². The van der Waals surface area contributed by atoms with Gasteiger partial charge in [0.05, 0.1) is 34.0 Å². The Kier molecular flexibility index (Phi) is 11.7. The lowest BCUT2D eigenvalue weighted by Crippen LogP contribution is -2.51. The van der Waals surface area contributed by atoms with E-state index < -0.39 is 73.5 Å². The molecule has 0 aromatic heterocycles. The summed E-state index contributed by atoms with van der Waals surface area (Å²) in [4.78, 5) is 61.1. The van der Waals surface area contributed by atoms with Crippen molar-refractivity contribution >= 4 is 45.6 Å². The van der Waals surface area contributed by atoms with E-state index >= 15 is 0 Å². The average Bonchev–Trinajstić information content (AvgIpc) is 3.57. The molecule has 2 aliphatic heterocycles. The predicted molar refractivity (Wildman–Crippen MR) is 239 cm³/mol. The molecule has 0 radical (unpaired) electrons. The lowest BCUT2D eigenvalue weighted by Gasteiger charge is -2.46. The molecule has 0 bridgehead atoms. The zero-order valence-corrected chi connectivity index (χ0v) is 41.6. The molecule has 2 saturated carbocycles. The van der Waals surface area contributed by atoms with Gasteiger partial charge in [0.15, 0.2) is 22.8 Å². The third-order valence-corrected chi connectivity index (χ3v) is 19.5. The molecule has 6 aliphatic carbocycles. The minimum absolute atomic E-state index is 0.0640. The SMILES string of the molecule is CC1(C)OC(=O)[C@@]2(O)C[C@@]3(O)CC[C@]4(C)CC(=O)C([Si](C)(C)C)=C4C3=CC[C@@H]12.CC1(C)OC(=O)[C@]2(O)C[C@]3(O)CC[C@@]4(C)CC(=O)C([Si](C)(C)C)=C4C3=CC[C@H]12.CCOC(C)=O. The fraction of sp³-hybridized carbons (Fsp3) is 0.729. The fourth-order valence-electron chi connectivity index (χ4n) is 12.7. The molecule has 0 unspecified atom stereocenters. The number of hydrogen-bond donors (Lipinski definition) is 4. The minimum Gasteiger partial charge on any atom is -0.466 e. The fourth-order valence-corrected chi connectivity index (χ4v) is 16.9. The van der Waals surface area contributed by atoms with Crippen molar-refractivity contribution < 1.29 is 58.6 Å². The zero-order chi connectivity index (χ0) is 46.8. The molecule has 344 valence electrons. The normalized spacial score (nSPS) is 39.1. The van der Waals surface area contributed by atoms with E-state index in [4.69, 9.17) is 9.47 Å². The Bertz CT molecular complexity index is 1980. The van der Waals surface area contributed by atoms with Gasteiger partial charge in [0.2, 0.25) is 0 Å². The molecule has 0 amide bonds. The van der Waals surface area contributed by atoms with Gasteiger partial charge in [0.25, 0.3) is 0 Å². The second-order valence-electron chi connectivity index (χ2n) is 23.3. The number of rotatable bonds is 3. The van der Waals surface area contributed by atoms with Crippen LogP contribution in [0.3, 0.4) is 0 Å². The number of Topliss-reactive ketones (excluding diaryl/α,β-unsaturated/α-hetero) is 2. The van der Waals surface area contributed by atoms with E-state index in [1.54, 1.807) is 6.92 Å². The summed E-state index contributed by atoms with van der Waals surface area (Å²) in [6.07, 6.45) is 7.98. The van der Waals surface area contributed by atoms with Gasteiger partial charge in [-0.2, -0.15) is 0 Å². The third kappa shape index (κ3) is 7.73. The summed E-state index contributed by atoms with van der Waals surface area (Å²) < 4.78 is 15.4. The van der Waals surface area contributed by atoms with Crippen molar-refractivity contribution in [1.82, 2.24) is 0 Å². The molecule has 12 nitrogen and oxygen atoms in total. The van der Waals surface area contributed by atoms with Gasteiger partial charge in [-0.1, -0.05) is 65.3 Å². The Labute approximate surface area is 369 Å². The van der Waals surface area contributed by atoms with E-state index in [2.05, 4.69) is 57.9 Å². The number of hydrogen-bond acceptors (Lipinski definition) is 12. The summed E-state index contributed by atoms with van der Waals surface area (Å²) in [7, 11) is -3.87. The maximum atomic E-state index is 13.0. The number of carbonyl (C=O) groups excluding carboxylic acids is 5. The summed E-state index contributed by atoms with van der Waals surface area (Å²) in [5.41, 5.74) is -4.53. The van der Waals surface area contributed by atoms with Crippen LogP contribution in [0.2, 0.25) is 39.3 Å². The Balaban J connectivity index is 0.000000183. The van der Waals surface area contributed by atoms with Crippen molar-refractivity contribution in [2.75, 3.05) is 6.61 Å². The van der Waals surface area contributed by atoms with E-state index in [0.717, 1.165) is 32.7 Å². The molecular formula is C48H72O12Si2. The highest BCUT2D eigenvalue weighted by molar-refractivity contribution is 6.88. The zero-order valence-electron chi connectivity index (χ0n) is 39.6. The van der Waals surface area contributed by atoms with Gasteiger partial charge < -0.3 is 34.6 Å². The average molecular weight is 897 g/mol. The predicted octanol–water partition coefficient (Wildman–Crippen LogP) is 6.70. The molecular weight excluding hydrogens is 825 g/mol. The smallest absolute Gasteiger partial charge is 0.339 e. The van der Waals surface area contributed by atoms with Gasteiger partial charge in [-0.15, -0.1) is 0 Å². The second kappa shape index (κ2) is 15.0. The Morgan fingerprint density at radius 3 is 1.26 bits per heavy atom. The quantitative estimate of drug-likeness (QED) is 0.133. The Morgan fingerprint density at radius 2 is 0.984 bits per heavy atom. The number of carbonyl (C=O) groups is 5. The van der Waals surface area contributed by atoms with E-state index in [9.17, 15) is 44.4 Å². The van der Waals surface area contributed by atoms with Crippen LogP contribution in [0.4, 0.5) is 0 Å². The lowest BCUT2D eigenvalue weighted by molar-refractivity contribution is -0.162. The van der Waals surface area contributed by atoms with Crippen molar-refractivity contribution in [3.05, 3.63) is 44.8 Å². The van der Waals surface area contributed by atoms with Gasteiger partial charge in [0, 0.05) is 55.3 Å². The van der Waals surface area contributed by atoms with Crippen molar-refractivity contribution in [1.29, 1.82) is 0 Å². The van der Waals surface area contributed by atoms with Crippen molar-refractivity contribution in [3.8, 4) is 0 Å². The van der Waals surface area contributed by atoms with Gasteiger partial charge in [-0.3, -0.25) is 14.4 Å². The first kappa shape index (κ1) is 48.4. The standard InChI is InChI=1S/2C22H32O5Si.C4H8O2/c2*1-19(2)15-8-7-13-16-17(28(4,5)6)14(23)11-20(16,3)9-10-21(13,25)12-22(15,26)18(24)27-19;1-3-6-4(2)5/h2*7,15,25-26H,8-12H2,1-6H3;3H2,1-2H3/t2*15-,20+,21-,22+;/m10./s1. The number of fused-ring (bicyclic) bond motifs is 8. The van der Waals surface area contributed by atoms with Crippen LogP contribution in [0, 0.1) is 22.7 Å². The molecule has 4 fully saturated rings. The highest BCUT2D eigenvalue weighted by atomic mass is 28.3. The third-order valence-electron chi connectivity index (χ3n) is 15.4. The summed E-state index contributed by atoms with van der Waals surface area (Å²) in [5.74, 6) is -1.91. The van der Waals surface area contributed by atoms with Crippen LogP contribution < -0.4 is 0 Å². The first-order chi connectivity index (χ1) is 28.1. The van der Waals surface area contributed by atoms with Crippen LogP contribution in [0.25, 0.3) is 0 Å². The lowest BCUT2D eigenvalue weighted by atomic mass is 9.62. The molecule has 2 saturated heterocycles. The van der Waals surface area contributed by atoms with Crippen LogP contribution in [0.1, 0.15) is 120 Å². The Hall–Kier alpha value is -3.02. The van der Waals surface area contributed by atoms with Crippen molar-refractivity contribution in [2.24, 2.45) is 22.7 Å². The monoisotopic (exact) mass is 896 g/mol. The molecule has 2 heterocycles. The Morgan fingerprint density at radius 1 is 0.645 bits per heavy atom. The maximum Gasteiger partial charge on any atom is 0.339 e. The number of esters is 3. The van der Waals surface area contributed by atoms with Crippen LogP contribution in [-0.2, 0) is 38.2 Å². The molecule has 0 spiro atoms. The van der Waals surface area contributed by atoms with E-state index in [1.165, 1.54) is 6.92 Å². The van der Waals surface area contributed by atoms with Gasteiger partial charge in [-0.25, -0.2) is 9.59 Å². The number of ether oxygens (including phenoxy) is 3. The number of ketones is 2. The van der Waals surface area contributed by atoms with Crippen molar-refractivity contribution in [3.63, 3.8) is 0 Å². The number of aliphatic hydroxyl groups is 4. The molecule has 8 rings (SSSR count). The van der Waals surface area contributed by atoms with Gasteiger partial charge in [-0.05, 0) is 106 Å². The molecule has 62 heavy (non-hydrogen) atoms. The first-order valence-corrected chi connectivity index (χ1v) is 29.5. The van der Waals surface area contributed by atoms with Crippen molar-refractivity contribution in [2.45, 2.75) is 192 Å². The van der Waals surface area contributed by atoms with Gasteiger partial charge >= 0.3 is 17.9 Å². The molecule has 8 atom stereocenters. The summed E-state index contributed by atoms with van der Waals surface area (Å²) >= 11 is 0. The van der Waals surface area contributed by atoms with Crippen LogP contribution in [-0.4, -0.2) is 106 Å². The molecule has 0 aromatic carbocycles. The van der Waals surface area contributed by atoms with Crippen LogP contribution in [0.15, 0.2) is 44.8 Å².